The molecule has 20 heavy (non-hydrogen) atoms. The maximum atomic E-state index is 12.0. The molecule has 0 saturated carbocycles. The molecule has 2 aromatic heterocycles. The summed E-state index contributed by atoms with van der Waals surface area (Å²) in [7, 11) is 0. The summed E-state index contributed by atoms with van der Waals surface area (Å²) < 4.78 is 0. The smallest absolute Gasteiger partial charge is 0.271 e. The number of aromatic nitrogens is 4. The van der Waals surface area contributed by atoms with Gasteiger partial charge in [-0.05, 0) is 12.1 Å². The molecular weight excluding hydrogens is 256 g/mol. The molecule has 1 amide bonds. The van der Waals surface area contributed by atoms with Gasteiger partial charge in [0.15, 0.2) is 0 Å². The topological polar surface area (TPSA) is 110 Å². The number of aromatic amines is 1. The maximum Gasteiger partial charge on any atom is 0.271 e. The van der Waals surface area contributed by atoms with Gasteiger partial charge in [-0.2, -0.15) is 5.10 Å². The number of hydrogen-bond acceptors (Lipinski definition) is 5. The number of rotatable bonds is 3. The van der Waals surface area contributed by atoms with Gasteiger partial charge in [-0.1, -0.05) is 12.1 Å². The van der Waals surface area contributed by atoms with Crippen LogP contribution in [0.25, 0.3) is 11.0 Å². The molecule has 0 fully saturated rings. The predicted molar refractivity (Wildman–Crippen MR) is 73.7 cm³/mol. The van der Waals surface area contributed by atoms with Crippen LogP contribution >= 0.6 is 0 Å². The van der Waals surface area contributed by atoms with Crippen LogP contribution < -0.4 is 11.1 Å². The largest absolute Gasteiger partial charge is 0.384 e. The molecule has 3 aromatic rings. The molecule has 1 aromatic carbocycles. The first kappa shape index (κ1) is 12.1. The van der Waals surface area contributed by atoms with Crippen LogP contribution in [0.1, 0.15) is 16.1 Å². The zero-order valence-corrected chi connectivity index (χ0v) is 10.5. The van der Waals surface area contributed by atoms with Crippen LogP contribution in [0.3, 0.4) is 0 Å². The fourth-order valence-electron chi connectivity index (χ4n) is 1.79. The van der Waals surface area contributed by atoms with Gasteiger partial charge in [0.1, 0.15) is 11.5 Å². The molecule has 0 atom stereocenters. The van der Waals surface area contributed by atoms with Crippen molar-refractivity contribution in [2.75, 3.05) is 5.73 Å². The van der Waals surface area contributed by atoms with Crippen molar-refractivity contribution in [3.8, 4) is 0 Å². The Kier molecular flexibility index (Phi) is 3.00. The number of benzene rings is 1. The third-order valence-electron chi connectivity index (χ3n) is 2.87. The number of para-hydroxylation sites is 2. The Morgan fingerprint density at radius 3 is 2.80 bits per heavy atom. The van der Waals surface area contributed by atoms with Gasteiger partial charge in [0.2, 0.25) is 0 Å². The maximum absolute atomic E-state index is 12.0. The van der Waals surface area contributed by atoms with Crippen molar-refractivity contribution in [1.29, 1.82) is 0 Å². The van der Waals surface area contributed by atoms with Crippen molar-refractivity contribution in [2.45, 2.75) is 6.54 Å². The molecule has 0 radical (unpaired) electrons. The first-order valence-electron chi connectivity index (χ1n) is 6.02. The molecule has 0 aliphatic carbocycles. The molecule has 4 N–H and O–H groups in total. The lowest BCUT2D eigenvalue weighted by atomic mass is 10.3. The number of nitrogens with zero attached hydrogens (tertiary/aromatic N) is 3. The van der Waals surface area contributed by atoms with E-state index in [1.54, 1.807) is 6.20 Å². The number of nitrogens with one attached hydrogen (secondary N) is 2. The standard InChI is InChI=1S/C13H12N6O/c14-12-8(6-17-19-12)5-16-13(20)11-7-15-9-3-1-2-4-10(9)18-11/h1-4,6-7H,5H2,(H,16,20)(H3,14,17,19). The fraction of sp³-hybridized carbons (Fsp3) is 0.0769. The van der Waals surface area contributed by atoms with E-state index in [9.17, 15) is 4.79 Å². The van der Waals surface area contributed by atoms with Gasteiger partial charge in [0, 0.05) is 12.1 Å². The van der Waals surface area contributed by atoms with E-state index in [4.69, 9.17) is 5.73 Å². The molecule has 0 unspecified atom stereocenters. The van der Waals surface area contributed by atoms with E-state index < -0.39 is 0 Å². The number of carbonyl (C=O) groups is 1. The minimum absolute atomic E-state index is 0.269. The Hall–Kier alpha value is -2.96. The Balaban J connectivity index is 1.77. The molecule has 100 valence electrons. The first-order chi connectivity index (χ1) is 9.74. The van der Waals surface area contributed by atoms with Crippen LogP contribution in [-0.2, 0) is 6.54 Å². The van der Waals surface area contributed by atoms with E-state index in [-0.39, 0.29) is 18.1 Å². The summed E-state index contributed by atoms with van der Waals surface area (Å²) in [4.78, 5) is 20.5. The molecule has 2 heterocycles. The van der Waals surface area contributed by atoms with Crippen molar-refractivity contribution < 1.29 is 4.79 Å². The van der Waals surface area contributed by atoms with Crippen molar-refractivity contribution in [2.24, 2.45) is 0 Å². The quantitative estimate of drug-likeness (QED) is 0.652. The van der Waals surface area contributed by atoms with Gasteiger partial charge >= 0.3 is 0 Å². The lowest BCUT2D eigenvalue weighted by Gasteiger charge is -2.04. The summed E-state index contributed by atoms with van der Waals surface area (Å²) in [5.74, 6) is 0.138. The highest BCUT2D eigenvalue weighted by atomic mass is 16.1. The fourth-order valence-corrected chi connectivity index (χ4v) is 1.79. The van der Waals surface area contributed by atoms with E-state index in [1.807, 2.05) is 24.3 Å². The molecule has 0 saturated heterocycles. The molecule has 0 aliphatic heterocycles. The molecule has 3 rings (SSSR count). The highest BCUT2D eigenvalue weighted by Crippen LogP contribution is 2.09. The van der Waals surface area contributed by atoms with Gasteiger partial charge in [0.05, 0.1) is 23.4 Å². The average molecular weight is 268 g/mol. The molecule has 0 bridgehead atoms. The average Bonchev–Trinajstić information content (AvgIpc) is 2.89. The predicted octanol–water partition coefficient (Wildman–Crippen LogP) is 0.865. The van der Waals surface area contributed by atoms with E-state index in [2.05, 4.69) is 25.5 Å². The van der Waals surface area contributed by atoms with E-state index in [1.165, 1.54) is 6.20 Å². The molecular formula is C13H12N6O. The summed E-state index contributed by atoms with van der Waals surface area (Å²) in [5.41, 5.74) is 8.08. The second kappa shape index (κ2) is 4.96. The number of H-pyrrole nitrogens is 1. The van der Waals surface area contributed by atoms with Crippen molar-refractivity contribution in [3.05, 3.63) is 47.9 Å². The number of hydrogen-bond donors (Lipinski definition) is 3. The molecule has 0 aliphatic rings. The molecule has 7 heteroatoms. The van der Waals surface area contributed by atoms with Crippen LogP contribution in [0.2, 0.25) is 0 Å². The number of nitrogens with two attached hydrogens (primary N) is 1. The molecule has 7 nitrogen and oxygen atoms in total. The number of nitrogen functional groups attached to an aromatic ring is 1. The normalized spacial score (nSPS) is 10.6. The van der Waals surface area contributed by atoms with Crippen LogP contribution in [0.15, 0.2) is 36.7 Å². The zero-order chi connectivity index (χ0) is 13.9. The van der Waals surface area contributed by atoms with E-state index in [0.717, 1.165) is 11.1 Å². The SMILES string of the molecule is Nc1[nH]ncc1CNC(=O)c1cnc2ccccc2n1. The third-order valence-corrected chi connectivity index (χ3v) is 2.87. The summed E-state index contributed by atoms with van der Waals surface area (Å²) in [6.45, 7) is 0.287. The minimum Gasteiger partial charge on any atom is -0.384 e. The van der Waals surface area contributed by atoms with Crippen LogP contribution in [0.4, 0.5) is 5.82 Å². The Bertz CT molecular complexity index is 766. The number of carbonyl (C=O) groups excluding carboxylic acids is 1. The van der Waals surface area contributed by atoms with Gasteiger partial charge in [-0.15, -0.1) is 0 Å². The van der Waals surface area contributed by atoms with Crippen molar-refractivity contribution >= 4 is 22.8 Å². The summed E-state index contributed by atoms with van der Waals surface area (Å²) in [6.07, 6.45) is 3.03. The number of fused-ring (bicyclic) bond motifs is 1. The highest BCUT2D eigenvalue weighted by molar-refractivity contribution is 5.93. The first-order valence-corrected chi connectivity index (χ1v) is 6.02. The number of amides is 1. The molecule has 0 spiro atoms. The Morgan fingerprint density at radius 1 is 1.25 bits per heavy atom. The second-order valence-corrected chi connectivity index (χ2v) is 4.24. The van der Waals surface area contributed by atoms with Crippen LogP contribution in [0.5, 0.6) is 0 Å². The monoisotopic (exact) mass is 268 g/mol. The summed E-state index contributed by atoms with van der Waals surface area (Å²) in [6, 6.07) is 7.38. The second-order valence-electron chi connectivity index (χ2n) is 4.24. The lowest BCUT2D eigenvalue weighted by molar-refractivity contribution is 0.0946. The summed E-state index contributed by atoms with van der Waals surface area (Å²) in [5, 5.41) is 9.11. The lowest BCUT2D eigenvalue weighted by Crippen LogP contribution is -2.24. The van der Waals surface area contributed by atoms with Gasteiger partial charge in [-0.3, -0.25) is 14.9 Å². The van der Waals surface area contributed by atoms with Gasteiger partial charge in [-0.25, -0.2) is 4.98 Å². The Morgan fingerprint density at radius 2 is 2.05 bits per heavy atom. The summed E-state index contributed by atoms with van der Waals surface area (Å²) >= 11 is 0. The highest BCUT2D eigenvalue weighted by Gasteiger charge is 2.10. The van der Waals surface area contributed by atoms with Crippen LogP contribution in [-0.4, -0.2) is 26.1 Å². The number of anilines is 1. The van der Waals surface area contributed by atoms with Crippen molar-refractivity contribution in [1.82, 2.24) is 25.5 Å². The third kappa shape index (κ3) is 2.28. The van der Waals surface area contributed by atoms with E-state index in [0.29, 0.717) is 11.3 Å². The van der Waals surface area contributed by atoms with Gasteiger partial charge < -0.3 is 11.1 Å². The van der Waals surface area contributed by atoms with Gasteiger partial charge in [0.25, 0.3) is 5.91 Å². The Labute approximate surface area is 114 Å². The van der Waals surface area contributed by atoms with Crippen LogP contribution in [0, 0.1) is 0 Å². The zero-order valence-electron chi connectivity index (χ0n) is 10.5. The van der Waals surface area contributed by atoms with Crippen molar-refractivity contribution in [3.63, 3.8) is 0 Å². The minimum atomic E-state index is -0.302. The van der Waals surface area contributed by atoms with E-state index >= 15 is 0 Å².